The third-order valence-electron chi connectivity index (χ3n) is 12.1. The van der Waals surface area contributed by atoms with Crippen molar-refractivity contribution in [3.63, 3.8) is 0 Å². The number of benzene rings is 3. The Morgan fingerprint density at radius 1 is 0.919 bits per heavy atom. The van der Waals surface area contributed by atoms with Crippen molar-refractivity contribution < 1.29 is 38.5 Å². The van der Waals surface area contributed by atoms with E-state index < -0.39 is 30.0 Å². The number of nitriles is 1. The van der Waals surface area contributed by atoms with Crippen molar-refractivity contribution in [2.45, 2.75) is 117 Å². The molecule has 3 aromatic carbocycles. The van der Waals surface area contributed by atoms with Crippen molar-refractivity contribution in [2.75, 3.05) is 26.9 Å². The SMILES string of the molecule is COc1ccc(CNC(=O)[C@@H]2C[C@@H](O)CN2C(=O)[C@@H](NC(=O)COCCCCCCc2ccc(C(=O)NC3C(C)(C)C(Oc4ccc(C#N)c(Cl)c4)C3(C)C)cc2)C(C)C)cc1. The van der Waals surface area contributed by atoms with Crippen LogP contribution < -0.4 is 25.4 Å². The smallest absolute Gasteiger partial charge is 0.251 e. The molecule has 14 heteroatoms. The first kappa shape index (κ1) is 47.9. The topological polar surface area (TPSA) is 179 Å². The lowest BCUT2D eigenvalue weighted by Gasteiger charge is -2.63. The molecular weight excluding hydrogens is 810 g/mol. The van der Waals surface area contributed by atoms with Crippen LogP contribution in [0.5, 0.6) is 11.5 Å². The van der Waals surface area contributed by atoms with E-state index in [1.807, 2.05) is 50.2 Å². The van der Waals surface area contributed by atoms with Gasteiger partial charge >= 0.3 is 0 Å². The number of aryl methyl sites for hydroxylation is 1. The van der Waals surface area contributed by atoms with E-state index in [0.717, 1.165) is 43.2 Å². The Kier molecular flexibility index (Phi) is 16.4. The number of aliphatic hydroxyl groups excluding tert-OH is 1. The van der Waals surface area contributed by atoms with Crippen LogP contribution in [0.15, 0.2) is 66.7 Å². The minimum atomic E-state index is -0.880. The van der Waals surface area contributed by atoms with Crippen LogP contribution in [0.1, 0.15) is 101 Å². The molecule has 5 rings (SSSR count). The van der Waals surface area contributed by atoms with Crippen LogP contribution in [-0.2, 0) is 32.1 Å². The molecule has 0 spiro atoms. The lowest BCUT2D eigenvalue weighted by atomic mass is 9.49. The maximum Gasteiger partial charge on any atom is 0.251 e. The quantitative estimate of drug-likeness (QED) is 0.0940. The molecule has 1 saturated heterocycles. The first-order valence-corrected chi connectivity index (χ1v) is 21.9. The van der Waals surface area contributed by atoms with Crippen molar-refractivity contribution >= 4 is 35.2 Å². The molecule has 1 aliphatic carbocycles. The minimum Gasteiger partial charge on any atom is -0.497 e. The fraction of sp³-hybridized carbons (Fsp3) is 0.521. The van der Waals surface area contributed by atoms with Gasteiger partial charge in [0, 0.05) is 54.6 Å². The van der Waals surface area contributed by atoms with Crippen LogP contribution in [-0.4, -0.2) is 90.8 Å². The highest BCUT2D eigenvalue weighted by atomic mass is 35.5. The lowest BCUT2D eigenvalue weighted by molar-refractivity contribution is -0.164. The summed E-state index contributed by atoms with van der Waals surface area (Å²) in [5, 5.41) is 28.8. The van der Waals surface area contributed by atoms with Crippen molar-refractivity contribution in [3.8, 4) is 17.6 Å². The molecule has 2 aliphatic rings. The second-order valence-electron chi connectivity index (χ2n) is 18.0. The van der Waals surface area contributed by atoms with Crippen LogP contribution in [0.25, 0.3) is 0 Å². The van der Waals surface area contributed by atoms with Gasteiger partial charge in [-0.1, -0.05) is 90.3 Å². The normalized spacial score (nSPS) is 20.4. The number of halogens is 1. The van der Waals surface area contributed by atoms with Crippen LogP contribution in [0, 0.1) is 28.1 Å². The predicted molar refractivity (Wildman–Crippen MR) is 237 cm³/mol. The van der Waals surface area contributed by atoms with Gasteiger partial charge in [0.25, 0.3) is 5.91 Å². The number of aliphatic hydroxyl groups is 1. The largest absolute Gasteiger partial charge is 0.497 e. The molecule has 0 bridgehead atoms. The number of carbonyl (C=O) groups excluding carboxylic acids is 4. The highest BCUT2D eigenvalue weighted by Gasteiger charge is 2.64. The maximum absolute atomic E-state index is 13.7. The molecule has 0 aromatic heterocycles. The Balaban J connectivity index is 0.975. The van der Waals surface area contributed by atoms with E-state index in [2.05, 4.69) is 49.7 Å². The standard InChI is InChI=1S/C48H62ClN5O8/c1-30(2)41(44(59)54-28-35(55)24-39(54)43(58)51-27-32-15-20-36(60-7)21-16-32)52-40(56)29-61-23-11-9-8-10-12-31-13-17-33(18-14-31)42(57)53-45-47(3,4)46(48(45,5)6)62-37-22-19-34(26-50)38(49)25-37/h13-22,25,30,35,39,41,45-46,55H,8-12,23-24,27-29H2,1-7H3,(H,51,58)(H,52,56)(H,53,57)/t35-,39+,41+,45?,46?/m1/s1. The summed E-state index contributed by atoms with van der Waals surface area (Å²) in [4.78, 5) is 54.4. The molecule has 4 amide bonds. The Morgan fingerprint density at radius 2 is 1.56 bits per heavy atom. The number of carbonyl (C=O) groups is 4. The summed E-state index contributed by atoms with van der Waals surface area (Å²) in [6.45, 7) is 12.4. The van der Waals surface area contributed by atoms with Gasteiger partial charge in [-0.05, 0) is 72.7 Å². The fourth-order valence-electron chi connectivity index (χ4n) is 8.95. The first-order chi connectivity index (χ1) is 29.5. The third kappa shape index (κ3) is 11.8. The number of hydrogen-bond donors (Lipinski definition) is 4. The van der Waals surface area contributed by atoms with Gasteiger partial charge in [-0.15, -0.1) is 0 Å². The van der Waals surface area contributed by atoms with Crippen molar-refractivity contribution in [2.24, 2.45) is 16.7 Å². The van der Waals surface area contributed by atoms with Crippen molar-refractivity contribution in [1.29, 1.82) is 5.26 Å². The molecule has 1 aliphatic heterocycles. The number of nitrogens with zero attached hydrogens (tertiary/aromatic N) is 2. The van der Waals surface area contributed by atoms with E-state index >= 15 is 0 Å². The Labute approximate surface area is 370 Å². The van der Waals surface area contributed by atoms with Crippen LogP contribution in [0.2, 0.25) is 5.02 Å². The number of hydrogen-bond acceptors (Lipinski definition) is 9. The van der Waals surface area contributed by atoms with Crippen LogP contribution in [0.4, 0.5) is 0 Å². The van der Waals surface area contributed by atoms with E-state index in [9.17, 15) is 29.5 Å². The monoisotopic (exact) mass is 871 g/mol. The number of amides is 4. The zero-order valence-corrected chi connectivity index (χ0v) is 37.7. The Bertz CT molecular complexity index is 2050. The molecule has 13 nitrogen and oxygen atoms in total. The Hall–Kier alpha value is -5.16. The zero-order chi connectivity index (χ0) is 45.2. The van der Waals surface area contributed by atoms with E-state index in [1.165, 1.54) is 4.90 Å². The molecule has 2 fully saturated rings. The van der Waals surface area contributed by atoms with Gasteiger partial charge in [0.1, 0.15) is 42.4 Å². The molecule has 3 atom stereocenters. The summed E-state index contributed by atoms with van der Waals surface area (Å²) in [6.07, 6.45) is 3.59. The van der Waals surface area contributed by atoms with E-state index in [4.69, 9.17) is 25.8 Å². The van der Waals surface area contributed by atoms with Gasteiger partial charge in [-0.3, -0.25) is 19.2 Å². The summed E-state index contributed by atoms with van der Waals surface area (Å²) in [6, 6.07) is 20.2. The molecule has 3 aromatic rings. The summed E-state index contributed by atoms with van der Waals surface area (Å²) in [5.41, 5.74) is 2.27. The number of nitrogens with one attached hydrogen (secondary N) is 3. The molecule has 1 heterocycles. The third-order valence-corrected chi connectivity index (χ3v) is 12.4. The van der Waals surface area contributed by atoms with Gasteiger partial charge in [0.15, 0.2) is 0 Å². The average Bonchev–Trinajstić information content (AvgIpc) is 3.65. The molecule has 4 N–H and O–H groups in total. The van der Waals surface area contributed by atoms with Gasteiger partial charge in [-0.25, -0.2) is 0 Å². The van der Waals surface area contributed by atoms with E-state index in [0.29, 0.717) is 34.3 Å². The van der Waals surface area contributed by atoms with Gasteiger partial charge in [-0.2, -0.15) is 5.26 Å². The van der Waals surface area contributed by atoms with Crippen molar-refractivity contribution in [1.82, 2.24) is 20.9 Å². The summed E-state index contributed by atoms with van der Waals surface area (Å²) < 4.78 is 17.2. The highest BCUT2D eigenvalue weighted by molar-refractivity contribution is 6.31. The predicted octanol–water partition coefficient (Wildman–Crippen LogP) is 6.37. The molecule has 0 unspecified atom stereocenters. The van der Waals surface area contributed by atoms with Crippen molar-refractivity contribution in [3.05, 3.63) is 94.0 Å². The second-order valence-corrected chi connectivity index (χ2v) is 18.4. The average molecular weight is 873 g/mol. The number of rotatable bonds is 20. The molecule has 0 radical (unpaired) electrons. The molecule has 62 heavy (non-hydrogen) atoms. The number of β-amino-alcohol motifs (C(OH)–C–C–N with tert-alkyl or cyclic N) is 1. The van der Waals surface area contributed by atoms with Crippen LogP contribution >= 0.6 is 11.6 Å². The summed E-state index contributed by atoms with van der Waals surface area (Å²) >= 11 is 6.23. The van der Waals surface area contributed by atoms with Gasteiger partial charge in [0.2, 0.25) is 17.7 Å². The van der Waals surface area contributed by atoms with E-state index in [-0.39, 0.29) is 66.8 Å². The fourth-order valence-corrected chi connectivity index (χ4v) is 9.16. The molecule has 1 saturated carbocycles. The van der Waals surface area contributed by atoms with E-state index in [1.54, 1.807) is 37.4 Å². The Morgan fingerprint density at radius 3 is 2.19 bits per heavy atom. The highest BCUT2D eigenvalue weighted by Crippen LogP contribution is 2.55. The number of methoxy groups -OCH3 is 1. The zero-order valence-electron chi connectivity index (χ0n) is 37.0. The maximum atomic E-state index is 13.7. The van der Waals surface area contributed by atoms with Crippen LogP contribution in [0.3, 0.4) is 0 Å². The number of unbranched alkanes of at least 4 members (excludes halogenated alkanes) is 3. The summed E-state index contributed by atoms with van der Waals surface area (Å²) in [7, 11) is 1.58. The number of ether oxygens (including phenoxy) is 3. The minimum absolute atomic E-state index is 0.00739. The first-order valence-electron chi connectivity index (χ1n) is 21.5. The van der Waals surface area contributed by atoms with Gasteiger partial charge < -0.3 is 40.2 Å². The molecule has 334 valence electrons. The second kappa shape index (κ2) is 21.3. The van der Waals surface area contributed by atoms with Gasteiger partial charge in [0.05, 0.1) is 23.8 Å². The molecular formula is C48H62ClN5O8. The lowest BCUT2D eigenvalue weighted by Crippen LogP contribution is -2.74. The summed E-state index contributed by atoms with van der Waals surface area (Å²) in [5.74, 6) is -0.303. The number of likely N-dealkylation sites (tertiary alicyclic amines) is 1.